The molecule has 3 aromatic rings. The van der Waals surface area contributed by atoms with E-state index in [1.165, 1.54) is 31.0 Å². The number of thioether (sulfide) groups is 1. The van der Waals surface area contributed by atoms with E-state index in [-0.39, 0.29) is 41.9 Å². The molecule has 4 N–H and O–H groups in total. The fraction of sp³-hybridized carbons (Fsp3) is 0.486. The van der Waals surface area contributed by atoms with E-state index in [2.05, 4.69) is 22.5 Å². The van der Waals surface area contributed by atoms with Gasteiger partial charge in [-0.2, -0.15) is 0 Å². The highest BCUT2D eigenvalue weighted by Crippen LogP contribution is 2.55. The Morgan fingerprint density at radius 2 is 1.55 bits per heavy atom. The molecule has 4 atom stereocenters. The third-order valence-corrected chi connectivity index (χ3v) is 11.7. The third-order valence-electron chi connectivity index (χ3n) is 10.6. The number of nitrogens with one attached hydrogen (secondary N) is 2. The number of urea groups is 1. The first-order valence-corrected chi connectivity index (χ1v) is 17.7. The van der Waals surface area contributed by atoms with Gasteiger partial charge < -0.3 is 30.3 Å². The first-order chi connectivity index (χ1) is 22.8. The van der Waals surface area contributed by atoms with Crippen molar-refractivity contribution >= 4 is 23.8 Å². The number of hydrogen-bond donors (Lipinski definition) is 4. The molecule has 1 saturated heterocycles. The second-order valence-electron chi connectivity index (χ2n) is 14.0. The largest absolute Gasteiger partial charge is 0.478 e. The predicted molar refractivity (Wildman–Crippen MR) is 178 cm³/mol. The Bertz CT molecular complexity index is 1550. The van der Waals surface area contributed by atoms with Gasteiger partial charge in [0.05, 0.1) is 24.4 Å². The van der Waals surface area contributed by atoms with Crippen LogP contribution in [0.25, 0.3) is 0 Å². The zero-order valence-electron chi connectivity index (χ0n) is 26.6. The van der Waals surface area contributed by atoms with Gasteiger partial charge in [-0.25, -0.2) is 14.6 Å². The lowest BCUT2D eigenvalue weighted by atomic mass is 9.53. The van der Waals surface area contributed by atoms with Gasteiger partial charge in [0.25, 0.3) is 0 Å². The molecule has 5 fully saturated rings. The van der Waals surface area contributed by atoms with Crippen LogP contribution in [0.4, 0.5) is 4.79 Å². The molecule has 4 aliphatic carbocycles. The van der Waals surface area contributed by atoms with Crippen LogP contribution in [0.15, 0.2) is 71.9 Å². The van der Waals surface area contributed by atoms with Crippen LogP contribution in [-0.2, 0) is 22.6 Å². The van der Waals surface area contributed by atoms with E-state index < -0.39 is 12.3 Å². The number of carboxylic acids is 1. The van der Waals surface area contributed by atoms with Crippen molar-refractivity contribution in [1.82, 2.24) is 15.6 Å². The maximum absolute atomic E-state index is 13.0. The Morgan fingerprint density at radius 1 is 0.915 bits per heavy atom. The van der Waals surface area contributed by atoms with Crippen molar-refractivity contribution < 1.29 is 29.3 Å². The molecule has 0 radical (unpaired) electrons. The second-order valence-corrected chi connectivity index (χ2v) is 15.1. The molecule has 2 aromatic carbocycles. The topological polar surface area (TPSA) is 130 Å². The van der Waals surface area contributed by atoms with E-state index in [4.69, 9.17) is 9.47 Å². The maximum atomic E-state index is 13.0. The maximum Gasteiger partial charge on any atom is 0.338 e. The minimum absolute atomic E-state index is 0.0228. The first kappa shape index (κ1) is 32.1. The first-order valence-electron chi connectivity index (χ1n) is 16.7. The molecule has 2 heterocycles. The summed E-state index contributed by atoms with van der Waals surface area (Å²) in [4.78, 5) is 29.1. The number of aliphatic hydroxyl groups is 1. The summed E-state index contributed by atoms with van der Waals surface area (Å²) in [6.07, 6.45) is 7.78. The predicted octanol–water partition coefficient (Wildman–Crippen LogP) is 6.62. The molecule has 5 aliphatic rings. The number of pyridine rings is 1. The number of hydrogen-bond acceptors (Lipinski definition) is 7. The van der Waals surface area contributed by atoms with E-state index in [0.717, 1.165) is 59.3 Å². The lowest BCUT2D eigenvalue weighted by Gasteiger charge is -2.56. The van der Waals surface area contributed by atoms with Crippen LogP contribution in [0.3, 0.4) is 0 Å². The molecule has 1 aliphatic heterocycles. The Labute approximate surface area is 279 Å². The molecule has 0 spiro atoms. The van der Waals surface area contributed by atoms with Crippen molar-refractivity contribution in [2.45, 2.75) is 87.7 Å². The summed E-state index contributed by atoms with van der Waals surface area (Å²) < 4.78 is 13.1. The normalized spacial score (nSPS) is 31.0. The Morgan fingerprint density at radius 3 is 2.19 bits per heavy atom. The van der Waals surface area contributed by atoms with E-state index in [0.29, 0.717) is 17.3 Å². The van der Waals surface area contributed by atoms with Gasteiger partial charge in [-0.1, -0.05) is 55.5 Å². The zero-order valence-corrected chi connectivity index (χ0v) is 27.5. The number of carbonyl (C=O) groups excluding carboxylic acids is 1. The molecule has 0 unspecified atom stereocenters. The van der Waals surface area contributed by atoms with Crippen molar-refractivity contribution in [2.24, 2.45) is 23.7 Å². The monoisotopic (exact) mass is 657 g/mol. The van der Waals surface area contributed by atoms with E-state index in [1.807, 2.05) is 48.5 Å². The highest BCUT2D eigenvalue weighted by atomic mass is 32.2. The SMILES string of the molecule is C[C@H]1[C@@H](CSc2ncccc2C(=O)O)O[C@@H](c2ccc(CNC(=O)NC34CC5CC(CC(C5)C3)C4)cc2)O[C@H]1c1ccc(CO)cc1. The van der Waals surface area contributed by atoms with Crippen molar-refractivity contribution in [3.05, 3.63) is 94.7 Å². The quantitative estimate of drug-likeness (QED) is 0.179. The minimum Gasteiger partial charge on any atom is -0.478 e. The van der Waals surface area contributed by atoms with Crippen LogP contribution in [0.1, 0.15) is 90.5 Å². The number of nitrogens with zero attached hydrogens (tertiary/aromatic N) is 1. The fourth-order valence-corrected chi connectivity index (χ4v) is 9.81. The van der Waals surface area contributed by atoms with Crippen molar-refractivity contribution in [2.75, 3.05) is 5.75 Å². The number of carbonyl (C=O) groups is 2. The van der Waals surface area contributed by atoms with Crippen molar-refractivity contribution in [3.63, 3.8) is 0 Å². The minimum atomic E-state index is -1.01. The van der Waals surface area contributed by atoms with E-state index >= 15 is 0 Å². The molecule has 4 bridgehead atoms. The van der Waals surface area contributed by atoms with Gasteiger partial charge in [0, 0.05) is 35.5 Å². The average Bonchev–Trinajstić information content (AvgIpc) is 3.06. The van der Waals surface area contributed by atoms with Crippen LogP contribution >= 0.6 is 11.8 Å². The zero-order chi connectivity index (χ0) is 32.5. The van der Waals surface area contributed by atoms with Gasteiger partial charge in [-0.05, 0) is 85.1 Å². The van der Waals surface area contributed by atoms with E-state index in [1.54, 1.807) is 18.3 Å². The highest BCUT2D eigenvalue weighted by molar-refractivity contribution is 7.99. The summed E-state index contributed by atoms with van der Waals surface area (Å²) in [5, 5.41) is 26.1. The number of aromatic carboxylic acids is 1. The molecule has 248 valence electrons. The molecular formula is C37H43N3O6S. The van der Waals surface area contributed by atoms with Gasteiger partial charge in [0.15, 0.2) is 6.29 Å². The molecule has 4 saturated carbocycles. The van der Waals surface area contributed by atoms with Crippen LogP contribution in [0.2, 0.25) is 0 Å². The summed E-state index contributed by atoms with van der Waals surface area (Å²) in [6, 6.07) is 18.8. The van der Waals surface area contributed by atoms with Gasteiger partial charge in [0.1, 0.15) is 5.03 Å². The smallest absolute Gasteiger partial charge is 0.338 e. The highest BCUT2D eigenvalue weighted by Gasteiger charge is 2.51. The number of ether oxygens (including phenoxy) is 2. The Hall–Kier alpha value is -3.44. The standard InChI is InChI=1S/C37H43N3O6S/c1-22-31(21-47-33-30(34(42)43)3-2-12-38-33)45-35(46-32(22)28-8-6-24(20-41)7-9-28)29-10-4-23(5-11-29)19-39-36(44)40-37-16-25-13-26(17-37)15-27(14-25)18-37/h2-12,22,25-27,31-32,35,41H,13-21H2,1H3,(H,42,43)(H2,39,40,44)/t22-,25?,26?,27?,31+,32+,35+,37?/m0/s1. The number of amides is 2. The third kappa shape index (κ3) is 7.06. The summed E-state index contributed by atoms with van der Waals surface area (Å²) in [6.45, 7) is 2.47. The van der Waals surface area contributed by atoms with Gasteiger partial charge >= 0.3 is 12.0 Å². The molecule has 9 nitrogen and oxygen atoms in total. The van der Waals surface area contributed by atoms with Crippen LogP contribution in [0.5, 0.6) is 0 Å². The van der Waals surface area contributed by atoms with Gasteiger partial charge in [-0.3, -0.25) is 0 Å². The fourth-order valence-electron chi connectivity index (χ4n) is 8.66. The second kappa shape index (κ2) is 13.6. The van der Waals surface area contributed by atoms with Gasteiger partial charge in [0.2, 0.25) is 0 Å². The number of benzene rings is 2. The molecule has 8 rings (SSSR count). The van der Waals surface area contributed by atoms with E-state index in [9.17, 15) is 19.8 Å². The molecular weight excluding hydrogens is 614 g/mol. The Kier molecular flexibility index (Phi) is 9.29. The number of carboxylic acid groups (broad SMARTS) is 1. The lowest BCUT2D eigenvalue weighted by molar-refractivity contribution is -0.268. The summed E-state index contributed by atoms with van der Waals surface area (Å²) in [7, 11) is 0. The number of aliphatic hydroxyl groups excluding tert-OH is 1. The van der Waals surface area contributed by atoms with Gasteiger partial charge in [-0.15, -0.1) is 11.8 Å². The summed E-state index contributed by atoms with van der Waals surface area (Å²) in [5.41, 5.74) is 3.79. The Balaban J connectivity index is 1.02. The van der Waals surface area contributed by atoms with Crippen LogP contribution in [-0.4, -0.2) is 44.6 Å². The van der Waals surface area contributed by atoms with Crippen molar-refractivity contribution in [1.29, 1.82) is 0 Å². The van der Waals surface area contributed by atoms with Crippen molar-refractivity contribution in [3.8, 4) is 0 Å². The summed E-state index contributed by atoms with van der Waals surface area (Å²) in [5.74, 6) is 1.75. The number of rotatable bonds is 10. The van der Waals surface area contributed by atoms with Crippen LogP contribution < -0.4 is 10.6 Å². The number of aromatic nitrogens is 1. The lowest BCUT2D eigenvalue weighted by Crippen LogP contribution is -2.61. The summed E-state index contributed by atoms with van der Waals surface area (Å²) >= 11 is 1.37. The molecule has 10 heteroatoms. The molecule has 2 amide bonds. The average molecular weight is 658 g/mol. The molecule has 47 heavy (non-hydrogen) atoms. The molecule has 1 aromatic heterocycles. The van der Waals surface area contributed by atoms with Crippen LogP contribution in [0, 0.1) is 23.7 Å².